The molecule has 0 aliphatic heterocycles. The highest BCUT2D eigenvalue weighted by molar-refractivity contribution is 5.28. The van der Waals surface area contributed by atoms with E-state index in [4.69, 9.17) is 0 Å². The molecule has 0 saturated heterocycles. The van der Waals surface area contributed by atoms with Crippen molar-refractivity contribution in [3.8, 4) is 0 Å². The molecule has 0 radical (unpaired) electrons. The number of aliphatic hydroxyl groups is 1. The van der Waals surface area contributed by atoms with Gasteiger partial charge in [0.15, 0.2) is 0 Å². The molecule has 0 aromatic heterocycles. The van der Waals surface area contributed by atoms with Crippen LogP contribution in [0.2, 0.25) is 0 Å². The highest BCUT2D eigenvalue weighted by atomic mass is 19.4. The number of aliphatic hydroxyl groups excluding tert-OH is 1. The summed E-state index contributed by atoms with van der Waals surface area (Å²) in [4.78, 5) is 0. The minimum Gasteiger partial charge on any atom is -0.392 e. The maximum absolute atomic E-state index is 12.4. The van der Waals surface area contributed by atoms with Crippen LogP contribution in [-0.4, -0.2) is 11.2 Å². The average molecular weight is 244 g/mol. The van der Waals surface area contributed by atoms with Gasteiger partial charge >= 0.3 is 6.18 Å². The Balaban J connectivity index is 2.17. The van der Waals surface area contributed by atoms with E-state index < -0.39 is 17.8 Å². The van der Waals surface area contributed by atoms with Gasteiger partial charge in [-0.1, -0.05) is 25.0 Å². The second kappa shape index (κ2) is 4.69. The summed E-state index contributed by atoms with van der Waals surface area (Å²) in [7, 11) is 0. The standard InChI is InChI=1S/C13H15F3O/c14-13(15,16)10-7-5-9(6-8-10)11-3-1-2-4-12(11)17/h5-8,11-12,17H,1-4H2/t11-,12+/m1/s1. The van der Waals surface area contributed by atoms with Crippen LogP contribution in [0.25, 0.3) is 0 Å². The molecular formula is C13H15F3O. The summed E-state index contributed by atoms with van der Waals surface area (Å²) in [6.45, 7) is 0. The van der Waals surface area contributed by atoms with E-state index in [-0.39, 0.29) is 5.92 Å². The maximum Gasteiger partial charge on any atom is 0.416 e. The molecule has 17 heavy (non-hydrogen) atoms. The van der Waals surface area contributed by atoms with E-state index in [2.05, 4.69) is 0 Å². The number of benzene rings is 1. The maximum atomic E-state index is 12.4. The summed E-state index contributed by atoms with van der Waals surface area (Å²) >= 11 is 0. The summed E-state index contributed by atoms with van der Waals surface area (Å²) < 4.78 is 37.2. The van der Waals surface area contributed by atoms with E-state index in [9.17, 15) is 18.3 Å². The van der Waals surface area contributed by atoms with Gasteiger partial charge in [-0.2, -0.15) is 13.2 Å². The summed E-state index contributed by atoms with van der Waals surface area (Å²) in [5.41, 5.74) is 0.178. The Bertz CT molecular complexity index is 369. The molecular weight excluding hydrogens is 229 g/mol. The van der Waals surface area contributed by atoms with Crippen molar-refractivity contribution in [1.29, 1.82) is 0 Å². The van der Waals surface area contributed by atoms with Crippen LogP contribution in [-0.2, 0) is 6.18 Å². The predicted molar refractivity (Wildman–Crippen MR) is 58.7 cm³/mol. The molecule has 0 unspecified atom stereocenters. The Morgan fingerprint density at radius 3 is 2.12 bits per heavy atom. The topological polar surface area (TPSA) is 20.2 Å². The van der Waals surface area contributed by atoms with E-state index in [1.54, 1.807) is 0 Å². The first kappa shape index (κ1) is 12.4. The smallest absolute Gasteiger partial charge is 0.392 e. The van der Waals surface area contributed by atoms with Crippen molar-refractivity contribution in [2.24, 2.45) is 0 Å². The molecule has 1 nitrogen and oxygen atoms in total. The Morgan fingerprint density at radius 2 is 1.59 bits per heavy atom. The minimum atomic E-state index is -4.29. The first-order valence-electron chi connectivity index (χ1n) is 5.84. The van der Waals surface area contributed by atoms with Gasteiger partial charge in [-0.25, -0.2) is 0 Å². The molecule has 1 N–H and O–H groups in total. The number of halogens is 3. The molecule has 1 fully saturated rings. The van der Waals surface area contributed by atoms with Crippen LogP contribution in [0.4, 0.5) is 13.2 Å². The normalized spacial score (nSPS) is 25.9. The lowest BCUT2D eigenvalue weighted by Crippen LogP contribution is -2.22. The fraction of sp³-hybridized carbons (Fsp3) is 0.538. The Labute approximate surface area is 98.3 Å². The first-order valence-corrected chi connectivity index (χ1v) is 5.84. The van der Waals surface area contributed by atoms with Crippen molar-refractivity contribution >= 4 is 0 Å². The summed E-state index contributed by atoms with van der Waals surface area (Å²) in [6.07, 6.45) is -1.08. The van der Waals surface area contributed by atoms with Crippen LogP contribution >= 0.6 is 0 Å². The van der Waals surface area contributed by atoms with Gasteiger partial charge in [-0.05, 0) is 30.5 Å². The van der Waals surface area contributed by atoms with Crippen molar-refractivity contribution in [2.45, 2.75) is 43.9 Å². The Kier molecular flexibility index (Phi) is 3.43. The quantitative estimate of drug-likeness (QED) is 0.798. The lowest BCUT2D eigenvalue weighted by molar-refractivity contribution is -0.137. The third kappa shape index (κ3) is 2.80. The third-order valence-electron chi connectivity index (χ3n) is 3.40. The number of rotatable bonds is 1. The average Bonchev–Trinajstić information content (AvgIpc) is 2.29. The highest BCUT2D eigenvalue weighted by Gasteiger charge is 2.31. The molecule has 0 spiro atoms. The van der Waals surface area contributed by atoms with Gasteiger partial charge in [0.2, 0.25) is 0 Å². The fourth-order valence-electron chi connectivity index (χ4n) is 2.42. The van der Waals surface area contributed by atoms with Crippen LogP contribution in [0.5, 0.6) is 0 Å². The predicted octanol–water partition coefficient (Wildman–Crippen LogP) is 3.72. The van der Waals surface area contributed by atoms with E-state index in [1.807, 2.05) is 0 Å². The number of hydrogen-bond acceptors (Lipinski definition) is 1. The molecule has 1 aliphatic carbocycles. The monoisotopic (exact) mass is 244 g/mol. The third-order valence-corrected chi connectivity index (χ3v) is 3.40. The van der Waals surface area contributed by atoms with Gasteiger partial charge in [0.05, 0.1) is 11.7 Å². The molecule has 1 aromatic carbocycles. The van der Waals surface area contributed by atoms with Gasteiger partial charge in [-0.15, -0.1) is 0 Å². The minimum absolute atomic E-state index is 0.00830. The molecule has 0 heterocycles. The van der Waals surface area contributed by atoms with Gasteiger partial charge in [0, 0.05) is 5.92 Å². The fourth-order valence-corrected chi connectivity index (χ4v) is 2.42. The van der Waals surface area contributed by atoms with Crippen molar-refractivity contribution < 1.29 is 18.3 Å². The van der Waals surface area contributed by atoms with E-state index in [1.165, 1.54) is 12.1 Å². The van der Waals surface area contributed by atoms with Gasteiger partial charge in [0.25, 0.3) is 0 Å². The summed E-state index contributed by atoms with van der Waals surface area (Å²) in [6, 6.07) is 5.16. The zero-order valence-electron chi connectivity index (χ0n) is 9.37. The van der Waals surface area contributed by atoms with Crippen LogP contribution in [0, 0.1) is 0 Å². The number of alkyl halides is 3. The zero-order valence-corrected chi connectivity index (χ0v) is 9.37. The lowest BCUT2D eigenvalue weighted by atomic mass is 9.81. The summed E-state index contributed by atoms with van der Waals surface area (Å²) in [5, 5.41) is 9.83. The van der Waals surface area contributed by atoms with Gasteiger partial charge < -0.3 is 5.11 Å². The van der Waals surface area contributed by atoms with Crippen molar-refractivity contribution in [3.63, 3.8) is 0 Å². The van der Waals surface area contributed by atoms with Crippen molar-refractivity contribution in [2.75, 3.05) is 0 Å². The lowest BCUT2D eigenvalue weighted by Gasteiger charge is -2.28. The molecule has 1 aliphatic rings. The molecule has 94 valence electrons. The van der Waals surface area contributed by atoms with Crippen LogP contribution in [0.1, 0.15) is 42.7 Å². The largest absolute Gasteiger partial charge is 0.416 e. The Hall–Kier alpha value is -1.03. The van der Waals surface area contributed by atoms with Crippen molar-refractivity contribution in [3.05, 3.63) is 35.4 Å². The zero-order chi connectivity index (χ0) is 12.5. The molecule has 2 rings (SSSR count). The number of hydrogen-bond donors (Lipinski definition) is 1. The van der Waals surface area contributed by atoms with Crippen molar-refractivity contribution in [1.82, 2.24) is 0 Å². The molecule has 4 heteroatoms. The first-order chi connectivity index (χ1) is 7.98. The molecule has 2 atom stereocenters. The van der Waals surface area contributed by atoms with Crippen LogP contribution < -0.4 is 0 Å². The molecule has 0 bridgehead atoms. The van der Waals surface area contributed by atoms with E-state index in [0.29, 0.717) is 0 Å². The van der Waals surface area contributed by atoms with Gasteiger partial charge in [0.1, 0.15) is 0 Å². The molecule has 1 aromatic rings. The van der Waals surface area contributed by atoms with Gasteiger partial charge in [-0.3, -0.25) is 0 Å². The SMILES string of the molecule is O[C@H]1CCCC[C@@H]1c1ccc(C(F)(F)F)cc1. The second-order valence-electron chi connectivity index (χ2n) is 4.58. The highest BCUT2D eigenvalue weighted by Crippen LogP contribution is 2.35. The van der Waals surface area contributed by atoms with Crippen LogP contribution in [0.3, 0.4) is 0 Å². The van der Waals surface area contributed by atoms with E-state index >= 15 is 0 Å². The summed E-state index contributed by atoms with van der Waals surface area (Å²) in [5.74, 6) is -0.00830. The Morgan fingerprint density at radius 1 is 1.00 bits per heavy atom. The molecule has 0 amide bonds. The molecule has 1 saturated carbocycles. The van der Waals surface area contributed by atoms with E-state index in [0.717, 1.165) is 43.4 Å². The second-order valence-corrected chi connectivity index (χ2v) is 4.58. The van der Waals surface area contributed by atoms with Crippen LogP contribution in [0.15, 0.2) is 24.3 Å².